The fourth-order valence-electron chi connectivity index (χ4n) is 2.52. The first-order valence-corrected chi connectivity index (χ1v) is 10.5. The lowest BCUT2D eigenvalue weighted by Crippen LogP contribution is -2.15. The number of rotatable bonds is 5. The predicted molar refractivity (Wildman–Crippen MR) is 100 cm³/mol. The smallest absolute Gasteiger partial charge is 0.466 e. The summed E-state index contributed by atoms with van der Waals surface area (Å²) in [4.78, 5) is 2.71. The van der Waals surface area contributed by atoms with Crippen molar-refractivity contribution in [3.63, 3.8) is 0 Å². The van der Waals surface area contributed by atoms with Crippen LogP contribution in [0.25, 0.3) is 10.8 Å². The van der Waals surface area contributed by atoms with Gasteiger partial charge in [-0.3, -0.25) is 0 Å². The fraction of sp³-hybridized carbons (Fsp3) is 0. The lowest BCUT2D eigenvalue weighted by atomic mass is 10.1. The maximum absolute atomic E-state index is 12.4. The largest absolute Gasteiger partial charge is 0.505 e. The molecule has 0 radical (unpaired) electrons. The van der Waals surface area contributed by atoms with Crippen molar-refractivity contribution < 1.29 is 35.3 Å². The molecule has 3 rings (SSSR count). The molecule has 0 atom stereocenters. The minimum absolute atomic E-state index is 0.0681. The van der Waals surface area contributed by atoms with E-state index in [-0.39, 0.29) is 16.5 Å². The van der Waals surface area contributed by atoms with Gasteiger partial charge in [-0.15, -0.1) is 0 Å². The van der Waals surface area contributed by atoms with Crippen LogP contribution in [0.4, 0.5) is 5.69 Å². The van der Waals surface area contributed by atoms with E-state index in [2.05, 4.69) is 18.5 Å². The van der Waals surface area contributed by atoms with E-state index in [1.165, 1.54) is 12.1 Å². The summed E-state index contributed by atoms with van der Waals surface area (Å²) in [6, 6.07) is 4.29. The van der Waals surface area contributed by atoms with Crippen LogP contribution in [0.2, 0.25) is 0 Å². The van der Waals surface area contributed by atoms with E-state index in [0.29, 0.717) is 5.71 Å². The summed E-state index contributed by atoms with van der Waals surface area (Å²) in [5.74, 6) is 9.23. The second-order valence-electron chi connectivity index (χ2n) is 5.59. The van der Waals surface area contributed by atoms with E-state index in [1.807, 2.05) is 0 Å². The Balaban J connectivity index is 2.43. The Hall–Kier alpha value is -3.03. The molecule has 150 valence electrons. The number of allylic oxidation sites excluding steroid dienone is 4. The van der Waals surface area contributed by atoms with Gasteiger partial charge in [0.25, 0.3) is 0 Å². The van der Waals surface area contributed by atoms with Crippen LogP contribution in [-0.4, -0.2) is 32.4 Å². The second-order valence-corrected chi connectivity index (χ2v) is 8.70. The van der Waals surface area contributed by atoms with Crippen molar-refractivity contribution in [1.82, 2.24) is 0 Å². The van der Waals surface area contributed by atoms with Crippen LogP contribution < -0.4 is 11.8 Å². The highest BCUT2D eigenvalue weighted by Crippen LogP contribution is 2.40. The number of aromatic hydroxyl groups is 1. The number of nitrogens with zero attached hydrogens (tertiary/aromatic N) is 2. The van der Waals surface area contributed by atoms with Crippen LogP contribution in [0.15, 0.2) is 63.5 Å². The minimum atomic E-state index is -4.63. The monoisotopic (exact) mass is 438 g/mol. The molecular formula is C16H14N4O7S2+2. The highest BCUT2D eigenvalue weighted by Gasteiger charge is 2.28. The Bertz CT molecular complexity index is 1310. The van der Waals surface area contributed by atoms with Gasteiger partial charge in [-0.1, -0.05) is 6.07 Å². The van der Waals surface area contributed by atoms with E-state index in [9.17, 15) is 21.9 Å². The topological polar surface area (TPSA) is 185 Å². The Kier molecular flexibility index (Phi) is 5.55. The molecule has 1 aliphatic carbocycles. The molecule has 2 aromatic carbocycles. The molecule has 13 heteroatoms. The van der Waals surface area contributed by atoms with Crippen LogP contribution in [0.5, 0.6) is 5.75 Å². The molecular weight excluding hydrogens is 424 g/mol. The maximum atomic E-state index is 12.4. The number of benzene rings is 2. The molecule has 0 spiro atoms. The summed E-state index contributed by atoms with van der Waals surface area (Å²) in [7, 11) is -9.09. The summed E-state index contributed by atoms with van der Waals surface area (Å²) in [5.41, 5.74) is 0.193. The third-order valence-electron chi connectivity index (χ3n) is 3.84. The van der Waals surface area contributed by atoms with E-state index in [4.69, 9.17) is 11.8 Å². The summed E-state index contributed by atoms with van der Waals surface area (Å²) < 4.78 is 56.6. The van der Waals surface area contributed by atoms with Crippen molar-refractivity contribution in [3.05, 3.63) is 55.0 Å². The Morgan fingerprint density at radius 3 is 2.28 bits per heavy atom. The van der Waals surface area contributed by atoms with Gasteiger partial charge in [0.1, 0.15) is 27.9 Å². The first-order valence-electron chi connectivity index (χ1n) is 7.73. The molecule has 0 saturated carbocycles. The number of phenols is 1. The summed E-state index contributed by atoms with van der Waals surface area (Å²) in [6.07, 6.45) is 8.45. The van der Waals surface area contributed by atoms with Gasteiger partial charge in [0, 0.05) is 11.8 Å². The van der Waals surface area contributed by atoms with Crippen LogP contribution in [0, 0.1) is 6.42 Å². The minimum Gasteiger partial charge on any atom is -0.505 e. The standard InChI is InChI=1S/C16H13N4O7S2/c17-26-28(22,23)12-8-10-6-7-13(21)16(20-19-11-4-2-1-3-5-11)15(10)14(9-12)29(24,25)27-18/h1-9H,17-18H2/q+1/p+1. The zero-order valence-corrected chi connectivity index (χ0v) is 16.1. The molecule has 0 unspecified atom stereocenters. The van der Waals surface area contributed by atoms with E-state index < -0.39 is 35.8 Å². The Morgan fingerprint density at radius 2 is 1.66 bits per heavy atom. The van der Waals surface area contributed by atoms with Gasteiger partial charge in [-0.25, -0.2) is 0 Å². The third-order valence-corrected chi connectivity index (χ3v) is 6.02. The second kappa shape index (κ2) is 7.77. The van der Waals surface area contributed by atoms with Crippen LogP contribution in [0.1, 0.15) is 0 Å². The molecule has 0 aromatic heterocycles. The summed E-state index contributed by atoms with van der Waals surface area (Å²) >= 11 is 0. The molecule has 29 heavy (non-hydrogen) atoms. The normalized spacial score (nSPS) is 13.9. The van der Waals surface area contributed by atoms with Gasteiger partial charge in [0.05, 0.1) is 21.8 Å². The molecule has 0 fully saturated rings. The van der Waals surface area contributed by atoms with E-state index >= 15 is 0 Å². The number of phenolic OH excluding ortho intramolecular Hbond substituents is 1. The van der Waals surface area contributed by atoms with Gasteiger partial charge in [0.2, 0.25) is 0 Å². The third kappa shape index (κ3) is 4.06. The van der Waals surface area contributed by atoms with Gasteiger partial charge in [-0.2, -0.15) is 37.2 Å². The van der Waals surface area contributed by atoms with Gasteiger partial charge in [0.15, 0.2) is 5.69 Å². The molecule has 0 saturated heterocycles. The van der Waals surface area contributed by atoms with Crippen molar-refractivity contribution >= 4 is 42.4 Å². The SMILES string of the molecule is NOS(=O)(=O)c1cc(S(=O)(=O)ON)c2c(N=[N+]=C3C=C[CH+]C=C3)c(O)ccc2c1. The first-order chi connectivity index (χ1) is 13.7. The molecule has 0 amide bonds. The molecule has 11 nitrogen and oxygen atoms in total. The molecule has 0 bridgehead atoms. The number of nitrogens with two attached hydrogens (primary N) is 2. The molecule has 0 heterocycles. The average Bonchev–Trinajstić information content (AvgIpc) is 2.72. The zero-order valence-electron chi connectivity index (χ0n) is 14.5. The lowest BCUT2D eigenvalue weighted by Gasteiger charge is -2.10. The molecule has 5 N–H and O–H groups in total. The molecule has 0 aliphatic heterocycles. The van der Waals surface area contributed by atoms with Crippen molar-refractivity contribution in [2.75, 3.05) is 0 Å². The maximum Gasteiger partial charge on any atom is 0.466 e. The molecule has 2 aromatic rings. The number of fused-ring (bicyclic) bond motifs is 1. The van der Waals surface area contributed by atoms with Crippen LogP contribution in [-0.2, 0) is 28.8 Å². The van der Waals surface area contributed by atoms with Gasteiger partial charge >= 0.3 is 25.9 Å². The molecule has 1 aliphatic rings. The van der Waals surface area contributed by atoms with Crippen LogP contribution in [0.3, 0.4) is 0 Å². The quantitative estimate of drug-likeness (QED) is 0.262. The Labute approximate surface area is 165 Å². The van der Waals surface area contributed by atoms with Gasteiger partial charge in [-0.05, 0) is 23.6 Å². The van der Waals surface area contributed by atoms with E-state index in [1.54, 1.807) is 30.7 Å². The van der Waals surface area contributed by atoms with Crippen molar-refractivity contribution in [2.24, 2.45) is 16.9 Å². The fourth-order valence-corrected chi connectivity index (χ4v) is 4.08. The first kappa shape index (κ1) is 20.7. The lowest BCUT2D eigenvalue weighted by molar-refractivity contribution is -0.0743. The number of hydrogen-bond acceptors (Lipinski definition) is 10. The average molecular weight is 438 g/mol. The highest BCUT2D eigenvalue weighted by atomic mass is 32.2. The van der Waals surface area contributed by atoms with E-state index in [0.717, 1.165) is 12.1 Å². The predicted octanol–water partition coefficient (Wildman–Crippen LogP) is 0.767. The highest BCUT2D eigenvalue weighted by molar-refractivity contribution is 7.87. The van der Waals surface area contributed by atoms with Crippen molar-refractivity contribution in [2.45, 2.75) is 9.79 Å². The van der Waals surface area contributed by atoms with Crippen molar-refractivity contribution in [1.29, 1.82) is 0 Å². The Morgan fingerprint density at radius 1 is 1.00 bits per heavy atom. The number of hydrogen-bond donors (Lipinski definition) is 3. The van der Waals surface area contributed by atoms with Gasteiger partial charge < -0.3 is 5.11 Å². The zero-order chi connectivity index (χ0) is 21.2. The van der Waals surface area contributed by atoms with Crippen LogP contribution >= 0.6 is 0 Å². The summed E-state index contributed by atoms with van der Waals surface area (Å²) in [6.45, 7) is 0. The van der Waals surface area contributed by atoms with Crippen molar-refractivity contribution in [3.8, 4) is 5.75 Å². The summed E-state index contributed by atoms with van der Waals surface area (Å²) in [5, 5.41) is 14.1.